The van der Waals surface area contributed by atoms with Crippen LogP contribution >= 0.6 is 0 Å². The summed E-state index contributed by atoms with van der Waals surface area (Å²) in [4.78, 5) is 0. The van der Waals surface area contributed by atoms with Crippen LogP contribution in [0.5, 0.6) is 0 Å². The van der Waals surface area contributed by atoms with Crippen molar-refractivity contribution in [2.45, 2.75) is 24.6 Å². The normalized spacial score (nSPS) is 13.1. The number of sulfonamides is 1. The largest absolute Gasteiger partial charge is 0.447 e. The second kappa shape index (κ2) is 7.31. The maximum absolute atomic E-state index is 11.9. The Kier molecular flexibility index (Phi) is 6.05. The quantitative estimate of drug-likeness (QED) is 0.531. The van der Waals surface area contributed by atoms with E-state index in [4.69, 9.17) is 15.6 Å². The molecule has 0 aliphatic heterocycles. The van der Waals surface area contributed by atoms with Gasteiger partial charge >= 0.3 is 0 Å². The van der Waals surface area contributed by atoms with Crippen molar-refractivity contribution < 1.29 is 17.6 Å². The monoisotopic (exact) mass is 286 g/mol. The molecule has 0 aromatic carbocycles. The Morgan fingerprint density at radius 1 is 1.53 bits per heavy atom. The zero-order valence-electron chi connectivity index (χ0n) is 11.0. The van der Waals surface area contributed by atoms with Crippen molar-refractivity contribution in [1.29, 1.82) is 0 Å². The molecular formula is C12H18N2O4S. The average molecular weight is 286 g/mol. The van der Waals surface area contributed by atoms with Gasteiger partial charge in [-0.3, -0.25) is 0 Å². The van der Waals surface area contributed by atoms with Gasteiger partial charge in [-0.2, -0.15) is 4.72 Å². The minimum atomic E-state index is -3.70. The molecule has 1 unspecified atom stereocenters. The lowest BCUT2D eigenvalue weighted by Crippen LogP contribution is -2.31. The van der Waals surface area contributed by atoms with Crippen LogP contribution in [-0.4, -0.2) is 34.7 Å². The van der Waals surface area contributed by atoms with Crippen molar-refractivity contribution >= 4 is 10.0 Å². The number of nitrogens with one attached hydrogen (secondary N) is 2. The summed E-state index contributed by atoms with van der Waals surface area (Å²) in [6.45, 7) is 3.25. The predicted molar refractivity (Wildman–Crippen MR) is 70.9 cm³/mol. The fraction of sp³-hybridized carbons (Fsp3) is 0.500. The highest BCUT2D eigenvalue weighted by atomic mass is 32.2. The lowest BCUT2D eigenvalue weighted by Gasteiger charge is -2.06. The van der Waals surface area contributed by atoms with Gasteiger partial charge in [-0.05, 0) is 19.1 Å². The minimum absolute atomic E-state index is 0.141. The van der Waals surface area contributed by atoms with Crippen LogP contribution in [0.1, 0.15) is 12.7 Å². The summed E-state index contributed by atoms with van der Waals surface area (Å²) in [6, 6.07) is 2.42. The van der Waals surface area contributed by atoms with Gasteiger partial charge in [0.25, 0.3) is 10.0 Å². The number of furan rings is 1. The maximum Gasteiger partial charge on any atom is 0.275 e. The van der Waals surface area contributed by atoms with E-state index in [0.29, 0.717) is 25.5 Å². The van der Waals surface area contributed by atoms with Gasteiger partial charge in [0, 0.05) is 13.7 Å². The molecule has 0 fully saturated rings. The molecule has 1 aromatic rings. The second-order valence-corrected chi connectivity index (χ2v) is 5.54. The molecule has 0 saturated carbocycles. The van der Waals surface area contributed by atoms with Crippen molar-refractivity contribution in [3.05, 3.63) is 17.9 Å². The molecule has 0 amide bonds. The topological polar surface area (TPSA) is 80.6 Å². The smallest absolute Gasteiger partial charge is 0.275 e. The molecule has 0 bridgehead atoms. The van der Waals surface area contributed by atoms with Gasteiger partial charge in [-0.15, -0.1) is 6.42 Å². The SMILES string of the molecule is C#CC(C)NS(=O)(=O)c1ccc(CNCCOC)o1. The van der Waals surface area contributed by atoms with Crippen LogP contribution in [0.3, 0.4) is 0 Å². The van der Waals surface area contributed by atoms with Crippen LogP contribution in [0.2, 0.25) is 0 Å². The predicted octanol–water partition coefficient (Wildman–Crippen LogP) is 0.316. The van der Waals surface area contributed by atoms with E-state index in [1.54, 1.807) is 20.1 Å². The van der Waals surface area contributed by atoms with Crippen molar-refractivity contribution in [2.75, 3.05) is 20.3 Å². The van der Waals surface area contributed by atoms with E-state index in [1.165, 1.54) is 6.07 Å². The third-order valence-corrected chi connectivity index (χ3v) is 3.68. The average Bonchev–Trinajstić information content (AvgIpc) is 2.83. The van der Waals surface area contributed by atoms with E-state index in [-0.39, 0.29) is 5.09 Å². The molecule has 2 N–H and O–H groups in total. The van der Waals surface area contributed by atoms with Crippen molar-refractivity contribution in [1.82, 2.24) is 10.0 Å². The molecule has 1 atom stereocenters. The van der Waals surface area contributed by atoms with Crippen LogP contribution in [-0.2, 0) is 21.3 Å². The Morgan fingerprint density at radius 2 is 2.26 bits per heavy atom. The highest BCUT2D eigenvalue weighted by molar-refractivity contribution is 7.89. The summed E-state index contributed by atoms with van der Waals surface area (Å²) in [7, 11) is -2.09. The van der Waals surface area contributed by atoms with Crippen molar-refractivity contribution in [2.24, 2.45) is 0 Å². The first-order valence-corrected chi connectivity index (χ1v) is 7.24. The van der Waals surface area contributed by atoms with Crippen LogP contribution in [0.25, 0.3) is 0 Å². The van der Waals surface area contributed by atoms with Crippen LogP contribution in [0.4, 0.5) is 0 Å². The Bertz CT molecular complexity index is 530. The fourth-order valence-corrected chi connectivity index (χ4v) is 2.42. The van der Waals surface area contributed by atoms with Gasteiger partial charge in [0.1, 0.15) is 5.76 Å². The van der Waals surface area contributed by atoms with Crippen molar-refractivity contribution in [3.63, 3.8) is 0 Å². The van der Waals surface area contributed by atoms with E-state index in [9.17, 15) is 8.42 Å². The number of terminal acetylenes is 1. The molecule has 6 nitrogen and oxygen atoms in total. The van der Waals surface area contributed by atoms with Gasteiger partial charge < -0.3 is 14.5 Å². The molecule has 19 heavy (non-hydrogen) atoms. The summed E-state index contributed by atoms with van der Waals surface area (Å²) < 4.78 is 36.1. The zero-order valence-corrected chi connectivity index (χ0v) is 11.8. The Labute approximate surface area is 113 Å². The molecule has 0 aliphatic carbocycles. The Hall–Kier alpha value is -1.33. The van der Waals surface area contributed by atoms with E-state index < -0.39 is 16.1 Å². The van der Waals surface area contributed by atoms with Crippen LogP contribution < -0.4 is 10.0 Å². The molecule has 106 valence electrons. The lowest BCUT2D eigenvalue weighted by molar-refractivity contribution is 0.198. The molecule has 0 aliphatic rings. The first-order valence-electron chi connectivity index (χ1n) is 5.76. The standard InChI is InChI=1S/C12H18N2O4S/c1-4-10(2)14-19(15,16)12-6-5-11(18-12)9-13-7-8-17-3/h1,5-6,10,13-14H,7-9H2,2-3H3. The van der Waals surface area contributed by atoms with Crippen LogP contribution in [0, 0.1) is 12.3 Å². The third kappa shape index (κ3) is 5.04. The minimum Gasteiger partial charge on any atom is -0.447 e. The first-order chi connectivity index (χ1) is 8.99. The van der Waals surface area contributed by atoms with E-state index in [1.807, 2.05) is 0 Å². The highest BCUT2D eigenvalue weighted by Gasteiger charge is 2.20. The highest BCUT2D eigenvalue weighted by Crippen LogP contribution is 2.14. The van der Waals surface area contributed by atoms with Crippen LogP contribution in [0.15, 0.2) is 21.6 Å². The fourth-order valence-electron chi connectivity index (χ4n) is 1.31. The number of ether oxygens (including phenoxy) is 1. The summed E-state index contributed by atoms with van der Waals surface area (Å²) in [5.41, 5.74) is 0. The molecule has 1 heterocycles. The van der Waals surface area contributed by atoms with E-state index in [2.05, 4.69) is 16.0 Å². The maximum atomic E-state index is 11.9. The second-order valence-electron chi connectivity index (χ2n) is 3.90. The number of methoxy groups -OCH3 is 1. The lowest BCUT2D eigenvalue weighted by atomic mass is 10.4. The number of rotatable bonds is 8. The summed E-state index contributed by atoms with van der Waals surface area (Å²) in [5.74, 6) is 2.82. The molecule has 1 rings (SSSR count). The summed E-state index contributed by atoms with van der Waals surface area (Å²) in [6.07, 6.45) is 5.13. The van der Waals surface area contributed by atoms with Gasteiger partial charge in [-0.25, -0.2) is 8.42 Å². The molecule has 0 radical (unpaired) electrons. The molecular weight excluding hydrogens is 268 g/mol. The van der Waals surface area contributed by atoms with E-state index >= 15 is 0 Å². The Morgan fingerprint density at radius 3 is 2.89 bits per heavy atom. The third-order valence-electron chi connectivity index (χ3n) is 2.27. The molecule has 0 spiro atoms. The molecule has 0 saturated heterocycles. The molecule has 7 heteroatoms. The van der Waals surface area contributed by atoms with Gasteiger partial charge in [0.2, 0.25) is 5.09 Å². The van der Waals surface area contributed by atoms with Crippen molar-refractivity contribution in [3.8, 4) is 12.3 Å². The van der Waals surface area contributed by atoms with Gasteiger partial charge in [0.05, 0.1) is 19.2 Å². The number of hydrogen-bond acceptors (Lipinski definition) is 5. The molecule has 1 aromatic heterocycles. The first kappa shape index (κ1) is 15.7. The summed E-state index contributed by atoms with van der Waals surface area (Å²) in [5, 5.41) is 2.91. The Balaban J connectivity index is 2.61. The van der Waals surface area contributed by atoms with Gasteiger partial charge in [0.15, 0.2) is 0 Å². The number of hydrogen-bond donors (Lipinski definition) is 2. The van der Waals surface area contributed by atoms with E-state index in [0.717, 1.165) is 0 Å². The van der Waals surface area contributed by atoms with Gasteiger partial charge in [-0.1, -0.05) is 5.92 Å². The zero-order chi connectivity index (χ0) is 14.3. The summed E-state index contributed by atoms with van der Waals surface area (Å²) >= 11 is 0.